The highest BCUT2D eigenvalue weighted by molar-refractivity contribution is 7.89. The molecule has 8 heteroatoms. The summed E-state index contributed by atoms with van der Waals surface area (Å²) in [6.45, 7) is 2.15. The summed E-state index contributed by atoms with van der Waals surface area (Å²) in [6, 6.07) is 6.68. The lowest BCUT2D eigenvalue weighted by atomic mass is 10.1. The molecule has 128 valence electrons. The van der Waals surface area contributed by atoms with Crippen LogP contribution in [0, 0.1) is 0 Å². The SMILES string of the molecule is NCC(=O)c1ccc2ccnc(S(=O)(=O)N3CCCNCC3)c2c1. The lowest BCUT2D eigenvalue weighted by molar-refractivity contribution is 0.100. The second-order valence-corrected chi connectivity index (χ2v) is 7.54. The molecule has 7 nitrogen and oxygen atoms in total. The largest absolute Gasteiger partial charge is 0.324 e. The van der Waals surface area contributed by atoms with Gasteiger partial charge in [0.1, 0.15) is 0 Å². The van der Waals surface area contributed by atoms with E-state index in [-0.39, 0.29) is 17.4 Å². The minimum atomic E-state index is -3.72. The number of carbonyl (C=O) groups is 1. The number of carbonyl (C=O) groups excluding carboxylic acids is 1. The second-order valence-electron chi connectivity index (χ2n) is 5.69. The molecule has 0 atom stereocenters. The Balaban J connectivity index is 2.12. The van der Waals surface area contributed by atoms with E-state index in [4.69, 9.17) is 5.73 Å². The Morgan fingerprint density at radius 1 is 1.25 bits per heavy atom. The molecule has 1 saturated heterocycles. The molecule has 1 aromatic carbocycles. The number of ketones is 1. The van der Waals surface area contributed by atoms with E-state index < -0.39 is 10.0 Å². The lowest BCUT2D eigenvalue weighted by Gasteiger charge is -2.20. The Morgan fingerprint density at radius 2 is 2.08 bits per heavy atom. The van der Waals surface area contributed by atoms with Crippen molar-refractivity contribution in [2.24, 2.45) is 5.73 Å². The van der Waals surface area contributed by atoms with Crippen LogP contribution in [0.2, 0.25) is 0 Å². The minimum absolute atomic E-state index is 0.00595. The van der Waals surface area contributed by atoms with Crippen LogP contribution in [0.3, 0.4) is 0 Å². The maximum Gasteiger partial charge on any atom is 0.261 e. The number of sulfonamides is 1. The van der Waals surface area contributed by atoms with Gasteiger partial charge < -0.3 is 11.1 Å². The first kappa shape index (κ1) is 17.0. The van der Waals surface area contributed by atoms with Crippen molar-refractivity contribution in [1.29, 1.82) is 0 Å². The molecule has 0 radical (unpaired) electrons. The van der Waals surface area contributed by atoms with Crippen LogP contribution in [-0.2, 0) is 10.0 Å². The molecule has 3 N–H and O–H groups in total. The summed E-state index contributed by atoms with van der Waals surface area (Å²) >= 11 is 0. The maximum absolute atomic E-state index is 13.0. The van der Waals surface area contributed by atoms with Gasteiger partial charge in [0.25, 0.3) is 10.0 Å². The van der Waals surface area contributed by atoms with Crippen molar-refractivity contribution in [3.05, 3.63) is 36.0 Å². The van der Waals surface area contributed by atoms with Gasteiger partial charge in [0.2, 0.25) is 0 Å². The second kappa shape index (κ2) is 6.94. The van der Waals surface area contributed by atoms with Gasteiger partial charge in [-0.15, -0.1) is 0 Å². The van der Waals surface area contributed by atoms with Crippen LogP contribution in [0.4, 0.5) is 0 Å². The zero-order valence-corrected chi connectivity index (χ0v) is 14.1. The van der Waals surface area contributed by atoms with E-state index in [0.29, 0.717) is 30.6 Å². The Kier molecular flexibility index (Phi) is 4.91. The first-order valence-corrected chi connectivity index (χ1v) is 9.31. The minimum Gasteiger partial charge on any atom is -0.324 e. The number of benzene rings is 1. The van der Waals surface area contributed by atoms with Crippen LogP contribution in [-0.4, -0.2) is 56.2 Å². The Hall–Kier alpha value is -1.87. The average molecular weight is 348 g/mol. The van der Waals surface area contributed by atoms with E-state index in [1.807, 2.05) is 0 Å². The number of Topliss-reactive ketones (excluding diaryl/α,β-unsaturated/α-hetero) is 1. The number of hydrogen-bond donors (Lipinski definition) is 2. The molecule has 3 rings (SSSR count). The van der Waals surface area contributed by atoms with Crippen LogP contribution in [0.5, 0.6) is 0 Å². The molecule has 1 aliphatic rings. The fourth-order valence-electron chi connectivity index (χ4n) is 2.82. The normalized spacial score (nSPS) is 16.9. The van der Waals surface area contributed by atoms with Gasteiger partial charge in [0.15, 0.2) is 10.8 Å². The van der Waals surface area contributed by atoms with Crippen LogP contribution < -0.4 is 11.1 Å². The number of rotatable bonds is 4. The highest BCUT2D eigenvalue weighted by Crippen LogP contribution is 2.25. The lowest BCUT2D eigenvalue weighted by Crippen LogP contribution is -2.34. The molecule has 0 unspecified atom stereocenters. The molecule has 2 heterocycles. The number of aromatic nitrogens is 1. The van der Waals surface area contributed by atoms with Gasteiger partial charge in [0.05, 0.1) is 6.54 Å². The molecule has 0 spiro atoms. The summed E-state index contributed by atoms with van der Waals surface area (Å²) in [7, 11) is -3.72. The van der Waals surface area contributed by atoms with Gasteiger partial charge in [-0.2, -0.15) is 4.31 Å². The molecule has 2 aromatic rings. The monoisotopic (exact) mass is 348 g/mol. The fraction of sp³-hybridized carbons (Fsp3) is 0.375. The first-order chi connectivity index (χ1) is 11.5. The summed E-state index contributed by atoms with van der Waals surface area (Å²) in [5.74, 6) is -0.233. The number of nitrogens with zero attached hydrogens (tertiary/aromatic N) is 2. The third-order valence-corrected chi connectivity index (χ3v) is 5.98. The topological polar surface area (TPSA) is 105 Å². The predicted molar refractivity (Wildman–Crippen MR) is 91.4 cm³/mol. The molecule has 0 aliphatic carbocycles. The maximum atomic E-state index is 13.0. The van der Waals surface area contributed by atoms with E-state index in [9.17, 15) is 13.2 Å². The standard InChI is InChI=1S/C16H20N4O3S/c17-11-15(21)13-3-2-12-4-6-19-16(14(12)10-13)24(22,23)20-8-1-5-18-7-9-20/h2-4,6,10,18H,1,5,7-9,11,17H2. The van der Waals surface area contributed by atoms with Gasteiger partial charge in [-0.3, -0.25) is 4.79 Å². The number of fused-ring (bicyclic) bond motifs is 1. The first-order valence-electron chi connectivity index (χ1n) is 7.87. The van der Waals surface area contributed by atoms with Crippen molar-refractivity contribution in [2.45, 2.75) is 11.4 Å². The Morgan fingerprint density at radius 3 is 2.88 bits per heavy atom. The van der Waals surface area contributed by atoms with Crippen LogP contribution in [0.25, 0.3) is 10.8 Å². The molecule has 1 aliphatic heterocycles. The van der Waals surface area contributed by atoms with Crippen molar-refractivity contribution in [1.82, 2.24) is 14.6 Å². The molecule has 1 aromatic heterocycles. The Bertz CT molecular complexity index is 859. The van der Waals surface area contributed by atoms with E-state index in [1.165, 1.54) is 10.5 Å². The van der Waals surface area contributed by atoms with E-state index in [1.54, 1.807) is 24.3 Å². The molecule has 24 heavy (non-hydrogen) atoms. The fourth-order valence-corrected chi connectivity index (χ4v) is 4.42. The molecule has 0 amide bonds. The van der Waals surface area contributed by atoms with Gasteiger partial charge in [-0.05, 0) is 30.5 Å². The number of nitrogens with two attached hydrogens (primary N) is 1. The predicted octanol–water partition coefficient (Wildman–Crippen LogP) is 0.360. The third-order valence-electron chi connectivity index (χ3n) is 4.12. The van der Waals surface area contributed by atoms with Gasteiger partial charge in [-0.25, -0.2) is 13.4 Å². The van der Waals surface area contributed by atoms with Gasteiger partial charge in [0, 0.05) is 36.8 Å². The van der Waals surface area contributed by atoms with Crippen molar-refractivity contribution in [3.8, 4) is 0 Å². The van der Waals surface area contributed by atoms with Crippen LogP contribution in [0.15, 0.2) is 35.5 Å². The van der Waals surface area contributed by atoms with Crippen molar-refractivity contribution < 1.29 is 13.2 Å². The van der Waals surface area contributed by atoms with Gasteiger partial charge >= 0.3 is 0 Å². The Labute approximate surface area is 140 Å². The summed E-state index contributed by atoms with van der Waals surface area (Å²) < 4.78 is 27.5. The van der Waals surface area contributed by atoms with Crippen molar-refractivity contribution in [3.63, 3.8) is 0 Å². The molecule has 1 fully saturated rings. The number of pyridine rings is 1. The van der Waals surface area contributed by atoms with E-state index in [0.717, 1.165) is 18.4 Å². The van der Waals surface area contributed by atoms with Crippen LogP contribution in [0.1, 0.15) is 16.8 Å². The van der Waals surface area contributed by atoms with E-state index in [2.05, 4.69) is 10.3 Å². The van der Waals surface area contributed by atoms with E-state index >= 15 is 0 Å². The number of hydrogen-bond acceptors (Lipinski definition) is 6. The average Bonchev–Trinajstić information content (AvgIpc) is 2.90. The molecular formula is C16H20N4O3S. The molecular weight excluding hydrogens is 328 g/mol. The number of nitrogens with one attached hydrogen (secondary N) is 1. The summed E-state index contributed by atoms with van der Waals surface area (Å²) in [4.78, 5) is 16.0. The van der Waals surface area contributed by atoms with Crippen LogP contribution >= 0.6 is 0 Å². The van der Waals surface area contributed by atoms with Crippen molar-refractivity contribution in [2.75, 3.05) is 32.7 Å². The summed E-state index contributed by atoms with van der Waals surface area (Å²) in [6.07, 6.45) is 2.23. The summed E-state index contributed by atoms with van der Waals surface area (Å²) in [5.41, 5.74) is 5.80. The zero-order valence-electron chi connectivity index (χ0n) is 13.2. The smallest absolute Gasteiger partial charge is 0.261 e. The van der Waals surface area contributed by atoms with Gasteiger partial charge in [-0.1, -0.05) is 12.1 Å². The highest BCUT2D eigenvalue weighted by atomic mass is 32.2. The quantitative estimate of drug-likeness (QED) is 0.773. The molecule has 0 saturated carbocycles. The van der Waals surface area contributed by atoms with Crippen molar-refractivity contribution >= 4 is 26.6 Å². The summed E-state index contributed by atoms with van der Waals surface area (Å²) in [5, 5.41) is 4.36. The molecule has 0 bridgehead atoms. The third kappa shape index (κ3) is 3.18. The zero-order chi connectivity index (χ0) is 17.2. The highest BCUT2D eigenvalue weighted by Gasteiger charge is 2.28.